The Labute approximate surface area is 115 Å². The van der Waals surface area contributed by atoms with Gasteiger partial charge in [-0.3, -0.25) is 4.90 Å². The van der Waals surface area contributed by atoms with E-state index in [9.17, 15) is 0 Å². The van der Waals surface area contributed by atoms with Crippen LogP contribution >= 0.6 is 12.4 Å². The van der Waals surface area contributed by atoms with E-state index in [0.717, 1.165) is 13.1 Å². The second-order valence-corrected chi connectivity index (χ2v) is 5.41. The maximum absolute atomic E-state index is 5.93. The van der Waals surface area contributed by atoms with Crippen molar-refractivity contribution in [1.29, 1.82) is 0 Å². The van der Waals surface area contributed by atoms with Crippen LogP contribution in [0.3, 0.4) is 0 Å². The maximum Gasteiger partial charge on any atom is 0.240 e. The van der Waals surface area contributed by atoms with Gasteiger partial charge in [0.1, 0.15) is 0 Å². The Morgan fingerprint density at radius 2 is 2.22 bits per heavy atom. The molecule has 6 heteroatoms. The molecule has 104 valence electrons. The van der Waals surface area contributed by atoms with E-state index in [2.05, 4.69) is 22.0 Å². The molecular weight excluding hydrogens is 252 g/mol. The number of likely N-dealkylation sites (tertiary alicyclic amines) is 1. The fraction of sp³-hybridized carbons (Fsp3) is 0.833. The van der Waals surface area contributed by atoms with Crippen molar-refractivity contribution in [1.82, 2.24) is 15.0 Å². The minimum atomic E-state index is -0.531. The molecule has 1 saturated heterocycles. The summed E-state index contributed by atoms with van der Waals surface area (Å²) in [4.78, 5) is 6.79. The van der Waals surface area contributed by atoms with Gasteiger partial charge in [-0.15, -0.1) is 12.4 Å². The number of hydrogen-bond donors (Lipinski definition) is 1. The molecule has 18 heavy (non-hydrogen) atoms. The highest BCUT2D eigenvalue weighted by Gasteiger charge is 2.26. The summed E-state index contributed by atoms with van der Waals surface area (Å²) < 4.78 is 5.26. The molecule has 1 aliphatic heterocycles. The summed E-state index contributed by atoms with van der Waals surface area (Å²) in [6.45, 7) is 7.87. The van der Waals surface area contributed by atoms with Gasteiger partial charge >= 0.3 is 0 Å². The van der Waals surface area contributed by atoms with Gasteiger partial charge in [0, 0.05) is 6.04 Å². The Balaban J connectivity index is 0.00000162. The Hall–Kier alpha value is -0.650. The molecule has 5 nitrogen and oxygen atoms in total. The first-order valence-corrected chi connectivity index (χ1v) is 6.36. The van der Waals surface area contributed by atoms with E-state index in [-0.39, 0.29) is 12.4 Å². The highest BCUT2D eigenvalue weighted by atomic mass is 35.5. The van der Waals surface area contributed by atoms with Gasteiger partial charge in [0.25, 0.3) is 0 Å². The first kappa shape index (κ1) is 15.4. The van der Waals surface area contributed by atoms with Gasteiger partial charge in [0.05, 0.1) is 12.1 Å². The molecule has 1 unspecified atom stereocenters. The van der Waals surface area contributed by atoms with Crippen molar-refractivity contribution >= 4 is 12.4 Å². The molecular formula is C12H23ClN4O. The molecule has 1 aliphatic rings. The zero-order chi connectivity index (χ0) is 12.5. The quantitative estimate of drug-likeness (QED) is 0.910. The van der Waals surface area contributed by atoms with E-state index in [4.69, 9.17) is 10.3 Å². The average Bonchev–Trinajstić information content (AvgIpc) is 2.86. The second-order valence-electron chi connectivity index (χ2n) is 5.41. The van der Waals surface area contributed by atoms with Crippen LogP contribution in [0, 0.1) is 0 Å². The molecule has 0 bridgehead atoms. The van der Waals surface area contributed by atoms with Gasteiger partial charge in [-0.05, 0) is 39.7 Å². The maximum atomic E-state index is 5.93. The molecule has 0 aliphatic carbocycles. The molecule has 0 spiro atoms. The van der Waals surface area contributed by atoms with Crippen LogP contribution in [0.1, 0.15) is 51.7 Å². The Bertz CT molecular complexity index is 374. The lowest BCUT2D eigenvalue weighted by Crippen LogP contribution is -2.30. The Morgan fingerprint density at radius 3 is 2.78 bits per heavy atom. The first-order chi connectivity index (χ1) is 8.00. The topological polar surface area (TPSA) is 68.2 Å². The number of halogens is 1. The molecule has 1 atom stereocenters. The van der Waals surface area contributed by atoms with Gasteiger partial charge in [0.2, 0.25) is 5.89 Å². The lowest BCUT2D eigenvalue weighted by Gasteiger charge is -2.20. The SMILES string of the molecule is CCC1CCCN1Cc1nc(C(C)(C)N)no1.Cl. The van der Waals surface area contributed by atoms with Crippen molar-refractivity contribution < 1.29 is 4.52 Å². The van der Waals surface area contributed by atoms with Crippen LogP contribution < -0.4 is 5.73 Å². The van der Waals surface area contributed by atoms with E-state index in [1.54, 1.807) is 0 Å². The van der Waals surface area contributed by atoms with Crippen molar-refractivity contribution in [3.8, 4) is 0 Å². The van der Waals surface area contributed by atoms with Crippen LogP contribution in [-0.4, -0.2) is 27.6 Å². The zero-order valence-electron chi connectivity index (χ0n) is 11.3. The summed E-state index contributed by atoms with van der Waals surface area (Å²) in [5, 5.41) is 3.94. The van der Waals surface area contributed by atoms with E-state index in [1.165, 1.54) is 19.3 Å². The van der Waals surface area contributed by atoms with Crippen LogP contribution in [0.25, 0.3) is 0 Å². The van der Waals surface area contributed by atoms with Crippen LogP contribution in [0.15, 0.2) is 4.52 Å². The van der Waals surface area contributed by atoms with Crippen LogP contribution in [0.5, 0.6) is 0 Å². The standard InChI is InChI=1S/C12H22N4O.ClH/c1-4-9-6-5-7-16(9)8-10-14-11(15-17-10)12(2,3)13;/h9H,4-8,13H2,1-3H3;1H. The molecule has 0 saturated carbocycles. The number of nitrogens with two attached hydrogens (primary N) is 1. The number of hydrogen-bond acceptors (Lipinski definition) is 5. The van der Waals surface area contributed by atoms with E-state index >= 15 is 0 Å². The molecule has 1 aromatic rings. The van der Waals surface area contributed by atoms with E-state index < -0.39 is 5.54 Å². The summed E-state index contributed by atoms with van der Waals surface area (Å²) in [6.07, 6.45) is 3.73. The predicted molar refractivity (Wildman–Crippen MR) is 72.5 cm³/mol. The van der Waals surface area contributed by atoms with Gasteiger partial charge in [-0.1, -0.05) is 12.1 Å². The third-order valence-electron chi connectivity index (χ3n) is 3.35. The highest BCUT2D eigenvalue weighted by molar-refractivity contribution is 5.85. The largest absolute Gasteiger partial charge is 0.338 e. The lowest BCUT2D eigenvalue weighted by atomic mass is 10.1. The van der Waals surface area contributed by atoms with Gasteiger partial charge in [0.15, 0.2) is 5.82 Å². The molecule has 0 radical (unpaired) electrons. The lowest BCUT2D eigenvalue weighted by molar-refractivity contribution is 0.206. The fourth-order valence-corrected chi connectivity index (χ4v) is 2.32. The fourth-order valence-electron chi connectivity index (χ4n) is 2.32. The van der Waals surface area contributed by atoms with E-state index in [0.29, 0.717) is 17.8 Å². The molecule has 2 heterocycles. The van der Waals surface area contributed by atoms with Crippen molar-refractivity contribution in [3.05, 3.63) is 11.7 Å². The van der Waals surface area contributed by atoms with Crippen molar-refractivity contribution in [2.75, 3.05) is 6.54 Å². The van der Waals surface area contributed by atoms with Crippen molar-refractivity contribution in [3.63, 3.8) is 0 Å². The highest BCUT2D eigenvalue weighted by Crippen LogP contribution is 2.22. The van der Waals surface area contributed by atoms with Crippen LogP contribution in [0.4, 0.5) is 0 Å². The monoisotopic (exact) mass is 274 g/mol. The first-order valence-electron chi connectivity index (χ1n) is 6.36. The normalized spacial score (nSPS) is 21.0. The zero-order valence-corrected chi connectivity index (χ0v) is 12.2. The molecule has 1 fully saturated rings. The number of nitrogens with zero attached hydrogens (tertiary/aromatic N) is 3. The average molecular weight is 275 g/mol. The van der Waals surface area contributed by atoms with Gasteiger partial charge in [-0.2, -0.15) is 4.98 Å². The van der Waals surface area contributed by atoms with E-state index in [1.807, 2.05) is 13.8 Å². The second kappa shape index (κ2) is 5.99. The summed E-state index contributed by atoms with van der Waals surface area (Å²) >= 11 is 0. The molecule has 0 aromatic carbocycles. The van der Waals surface area contributed by atoms with Crippen LogP contribution in [-0.2, 0) is 12.1 Å². The van der Waals surface area contributed by atoms with Gasteiger partial charge in [-0.25, -0.2) is 0 Å². The third-order valence-corrected chi connectivity index (χ3v) is 3.35. The summed E-state index contributed by atoms with van der Waals surface area (Å²) in [7, 11) is 0. The molecule has 1 aromatic heterocycles. The molecule has 2 N–H and O–H groups in total. The summed E-state index contributed by atoms with van der Waals surface area (Å²) in [5.74, 6) is 1.26. The van der Waals surface area contributed by atoms with Crippen LogP contribution in [0.2, 0.25) is 0 Å². The van der Waals surface area contributed by atoms with Crippen molar-refractivity contribution in [2.24, 2.45) is 5.73 Å². The summed E-state index contributed by atoms with van der Waals surface area (Å²) in [6, 6.07) is 0.663. The molecule has 0 amide bonds. The smallest absolute Gasteiger partial charge is 0.240 e. The predicted octanol–water partition coefficient (Wildman–Crippen LogP) is 2.06. The number of rotatable bonds is 4. The van der Waals surface area contributed by atoms with Crippen molar-refractivity contribution in [2.45, 2.75) is 58.2 Å². The summed E-state index contributed by atoms with van der Waals surface area (Å²) in [5.41, 5.74) is 5.40. The van der Waals surface area contributed by atoms with Gasteiger partial charge < -0.3 is 10.3 Å². The third kappa shape index (κ3) is 3.43. The minimum Gasteiger partial charge on any atom is -0.338 e. The number of aromatic nitrogens is 2. The minimum absolute atomic E-state index is 0. The molecule has 2 rings (SSSR count). The Morgan fingerprint density at radius 1 is 1.50 bits per heavy atom. The Kier molecular flexibility index (Phi) is 5.13.